The van der Waals surface area contributed by atoms with Crippen molar-refractivity contribution in [2.24, 2.45) is 4.99 Å². The topological polar surface area (TPSA) is 59.5 Å². The number of guanidine groups is 1. The number of benzene rings is 2. The van der Waals surface area contributed by atoms with E-state index in [4.69, 9.17) is 4.99 Å². The fourth-order valence-corrected chi connectivity index (χ4v) is 4.77. The molecule has 0 bridgehead atoms. The van der Waals surface area contributed by atoms with Crippen LogP contribution < -0.4 is 4.90 Å². The van der Waals surface area contributed by atoms with E-state index in [2.05, 4.69) is 30.9 Å². The van der Waals surface area contributed by atoms with Crippen LogP contribution in [0.2, 0.25) is 0 Å². The van der Waals surface area contributed by atoms with E-state index in [1.807, 2.05) is 55.3 Å². The van der Waals surface area contributed by atoms with Crippen LogP contribution in [0, 0.1) is 20.8 Å². The van der Waals surface area contributed by atoms with Gasteiger partial charge in [-0.2, -0.15) is 0 Å². The average Bonchev–Trinajstić information content (AvgIpc) is 3.26. The molecule has 2 aromatic carbocycles. The lowest BCUT2D eigenvalue weighted by atomic mass is 10.1. The third-order valence-electron chi connectivity index (χ3n) is 6.63. The molecule has 3 aliphatic rings. The van der Waals surface area contributed by atoms with Gasteiger partial charge >= 0.3 is 6.03 Å². The van der Waals surface area contributed by atoms with Gasteiger partial charge in [0.15, 0.2) is 12.2 Å². The Morgan fingerprint density at radius 2 is 1.75 bits per heavy atom. The zero-order valence-electron chi connectivity index (χ0n) is 19.0. The number of hydrogen-bond acceptors (Lipinski definition) is 5. The van der Waals surface area contributed by atoms with Gasteiger partial charge in [-0.05, 0) is 50.5 Å². The highest BCUT2D eigenvalue weighted by molar-refractivity contribution is 6.10. The van der Waals surface area contributed by atoms with Crippen molar-refractivity contribution in [2.75, 3.05) is 11.9 Å². The molecule has 2 unspecified atom stereocenters. The van der Waals surface area contributed by atoms with Gasteiger partial charge in [0.2, 0.25) is 5.96 Å². The highest BCUT2D eigenvalue weighted by Gasteiger charge is 2.54. The number of hydrogen-bond donors (Lipinski definition) is 0. The third-order valence-corrected chi connectivity index (χ3v) is 6.63. The van der Waals surface area contributed by atoms with E-state index in [1.54, 1.807) is 11.9 Å². The molecule has 0 spiro atoms. The Kier molecular flexibility index (Phi) is 4.58. The molecule has 164 valence electrons. The van der Waals surface area contributed by atoms with Crippen molar-refractivity contribution in [3.63, 3.8) is 0 Å². The summed E-state index contributed by atoms with van der Waals surface area (Å²) < 4.78 is 0. The number of urea groups is 1. The molecule has 1 saturated heterocycles. The van der Waals surface area contributed by atoms with Gasteiger partial charge in [0.1, 0.15) is 0 Å². The molecule has 3 heterocycles. The average molecular weight is 430 g/mol. The zero-order valence-corrected chi connectivity index (χ0v) is 19.0. The van der Waals surface area contributed by atoms with Gasteiger partial charge in [0.05, 0.1) is 12.2 Å². The molecule has 0 aromatic heterocycles. The number of rotatable bonds is 3. The number of anilines is 1. The molecule has 0 aliphatic carbocycles. The summed E-state index contributed by atoms with van der Waals surface area (Å²) >= 11 is 0. The number of likely N-dealkylation sites (N-methyl/N-ethyl adjacent to an activating group) is 1. The minimum atomic E-state index is -0.567. The maximum absolute atomic E-state index is 13.6. The minimum absolute atomic E-state index is 0.217. The zero-order chi connectivity index (χ0) is 22.7. The first-order valence-corrected chi connectivity index (χ1v) is 10.8. The highest BCUT2D eigenvalue weighted by Crippen LogP contribution is 2.38. The number of imide groups is 1. The van der Waals surface area contributed by atoms with Crippen LogP contribution in [0.3, 0.4) is 0 Å². The summed E-state index contributed by atoms with van der Waals surface area (Å²) in [5.41, 5.74) is 6.42. The van der Waals surface area contributed by atoms with Gasteiger partial charge in [-0.15, -0.1) is 0 Å². The predicted octanol–water partition coefficient (Wildman–Crippen LogP) is 3.75. The molecule has 3 amide bonds. The maximum atomic E-state index is 13.6. The van der Waals surface area contributed by atoms with Gasteiger partial charge in [0, 0.05) is 18.9 Å². The van der Waals surface area contributed by atoms with Gasteiger partial charge in [-0.25, -0.2) is 9.79 Å². The Labute approximate surface area is 188 Å². The Morgan fingerprint density at radius 3 is 2.50 bits per heavy atom. The molecule has 32 heavy (non-hydrogen) atoms. The van der Waals surface area contributed by atoms with Crippen LogP contribution in [0.1, 0.15) is 29.2 Å². The standard InChI is InChI=1S/C25H27N5O2/c1-15-8-6-10-19(12-15)14-29-23(31)21-22(27(5)25(29)32)26-24-28(21)13-17(3)30(24)20-11-7-9-16(2)18(20)4/h6-13,21-22H,14H2,1-5H3. The minimum Gasteiger partial charge on any atom is -0.302 e. The number of aryl methyl sites for hydroxylation is 2. The normalized spacial score (nSPS) is 22.3. The Hall–Kier alpha value is -3.61. The molecule has 7 heteroatoms. The number of fused-ring (bicyclic) bond motifs is 3. The van der Waals surface area contributed by atoms with Gasteiger partial charge < -0.3 is 9.80 Å². The molecule has 2 aromatic rings. The monoisotopic (exact) mass is 429 g/mol. The van der Waals surface area contributed by atoms with Gasteiger partial charge in [0.25, 0.3) is 5.91 Å². The second-order valence-corrected chi connectivity index (χ2v) is 8.83. The van der Waals surface area contributed by atoms with Crippen molar-refractivity contribution < 1.29 is 9.59 Å². The number of amides is 3. The van der Waals surface area contributed by atoms with E-state index < -0.39 is 12.2 Å². The fraction of sp³-hybridized carbons (Fsp3) is 0.320. The molecule has 7 nitrogen and oxygen atoms in total. The summed E-state index contributed by atoms with van der Waals surface area (Å²) in [5, 5.41) is 0. The molecular formula is C25H27N5O2. The summed E-state index contributed by atoms with van der Waals surface area (Å²) in [6, 6.07) is 13.2. The van der Waals surface area contributed by atoms with Crippen molar-refractivity contribution in [2.45, 2.75) is 46.4 Å². The van der Waals surface area contributed by atoms with Crippen LogP contribution in [0.4, 0.5) is 10.5 Å². The van der Waals surface area contributed by atoms with E-state index in [1.165, 1.54) is 10.5 Å². The smallest absolute Gasteiger partial charge is 0.302 e. The lowest BCUT2D eigenvalue weighted by Crippen LogP contribution is -2.63. The Morgan fingerprint density at radius 1 is 1.00 bits per heavy atom. The molecule has 3 aliphatic heterocycles. The summed E-state index contributed by atoms with van der Waals surface area (Å²) in [5.74, 6) is 0.474. The largest absolute Gasteiger partial charge is 0.328 e. The van der Waals surface area contributed by atoms with Crippen molar-refractivity contribution in [1.82, 2.24) is 14.7 Å². The molecular weight excluding hydrogens is 402 g/mol. The first-order valence-electron chi connectivity index (χ1n) is 10.8. The van der Waals surface area contributed by atoms with Crippen LogP contribution >= 0.6 is 0 Å². The number of carbonyl (C=O) groups excluding carboxylic acids is 2. The second kappa shape index (κ2) is 7.22. The summed E-state index contributed by atoms with van der Waals surface area (Å²) in [6.45, 7) is 8.45. The van der Waals surface area contributed by atoms with E-state index >= 15 is 0 Å². The molecule has 0 N–H and O–H groups in total. The number of nitrogens with zero attached hydrogens (tertiary/aromatic N) is 5. The Balaban J connectivity index is 1.50. The van der Waals surface area contributed by atoms with Crippen LogP contribution in [-0.4, -0.2) is 51.9 Å². The van der Waals surface area contributed by atoms with Crippen LogP contribution in [-0.2, 0) is 11.3 Å². The van der Waals surface area contributed by atoms with Crippen molar-refractivity contribution in [1.29, 1.82) is 0 Å². The van der Waals surface area contributed by atoms with Crippen molar-refractivity contribution in [3.8, 4) is 0 Å². The van der Waals surface area contributed by atoms with Gasteiger partial charge in [-0.1, -0.05) is 42.0 Å². The van der Waals surface area contributed by atoms with Crippen LogP contribution in [0.5, 0.6) is 0 Å². The maximum Gasteiger partial charge on any atom is 0.328 e. The summed E-state index contributed by atoms with van der Waals surface area (Å²) in [7, 11) is 1.72. The number of allylic oxidation sites excluding steroid dienone is 1. The van der Waals surface area contributed by atoms with Gasteiger partial charge in [-0.3, -0.25) is 14.6 Å². The number of aliphatic imine (C=N–C) groups is 1. The second-order valence-electron chi connectivity index (χ2n) is 8.83. The molecule has 2 atom stereocenters. The van der Waals surface area contributed by atoms with Crippen LogP contribution in [0.15, 0.2) is 59.4 Å². The SMILES string of the molecule is CC1=CN2C(=NC3C2C(=O)N(Cc2cccc(C)c2)C(=O)N3C)N1c1cccc(C)c1C. The first-order chi connectivity index (χ1) is 15.3. The molecule has 0 saturated carbocycles. The molecule has 5 rings (SSSR count). The Bertz CT molecular complexity index is 1200. The lowest BCUT2D eigenvalue weighted by molar-refractivity contribution is -0.137. The third kappa shape index (κ3) is 2.92. The van der Waals surface area contributed by atoms with E-state index in [9.17, 15) is 9.59 Å². The van der Waals surface area contributed by atoms with Crippen molar-refractivity contribution in [3.05, 3.63) is 76.6 Å². The van der Waals surface area contributed by atoms with Crippen molar-refractivity contribution >= 4 is 23.6 Å². The summed E-state index contributed by atoms with van der Waals surface area (Å²) in [4.78, 5) is 38.5. The summed E-state index contributed by atoms with van der Waals surface area (Å²) in [6.07, 6.45) is 1.42. The predicted molar refractivity (Wildman–Crippen MR) is 124 cm³/mol. The first kappa shape index (κ1) is 20.3. The van der Waals surface area contributed by atoms with Crippen LogP contribution in [0.25, 0.3) is 0 Å². The van der Waals surface area contributed by atoms with E-state index in [0.717, 1.165) is 28.1 Å². The quantitative estimate of drug-likeness (QED) is 0.746. The number of carbonyl (C=O) groups is 2. The molecule has 0 radical (unpaired) electrons. The fourth-order valence-electron chi connectivity index (χ4n) is 4.77. The molecule has 1 fully saturated rings. The van der Waals surface area contributed by atoms with E-state index in [0.29, 0.717) is 5.96 Å². The lowest BCUT2D eigenvalue weighted by Gasteiger charge is -2.40. The highest BCUT2D eigenvalue weighted by atomic mass is 16.2. The van der Waals surface area contributed by atoms with E-state index in [-0.39, 0.29) is 18.5 Å².